The summed E-state index contributed by atoms with van der Waals surface area (Å²) in [6.07, 6.45) is 17.8. The van der Waals surface area contributed by atoms with E-state index in [4.69, 9.17) is 9.72 Å². The van der Waals surface area contributed by atoms with Crippen molar-refractivity contribution in [3.63, 3.8) is 0 Å². The van der Waals surface area contributed by atoms with E-state index >= 15 is 0 Å². The van der Waals surface area contributed by atoms with E-state index in [-0.39, 0.29) is 0 Å². The number of imidazole rings is 1. The second-order valence-electron chi connectivity index (χ2n) is 11.0. The minimum Gasteiger partial charge on any atom is -0.471 e. The second kappa shape index (κ2) is 9.16. The number of rotatable bonds is 8. The summed E-state index contributed by atoms with van der Waals surface area (Å²) in [4.78, 5) is 13.6. The molecule has 0 unspecified atom stereocenters. The van der Waals surface area contributed by atoms with Crippen LogP contribution in [0.2, 0.25) is 0 Å². The third kappa shape index (κ3) is 4.21. The van der Waals surface area contributed by atoms with Gasteiger partial charge in [0.05, 0.1) is 30.3 Å². The van der Waals surface area contributed by atoms with Crippen molar-refractivity contribution in [3.05, 3.63) is 72.7 Å². The van der Waals surface area contributed by atoms with Crippen molar-refractivity contribution in [2.75, 3.05) is 13.2 Å². The van der Waals surface area contributed by atoms with Gasteiger partial charge in [-0.2, -0.15) is 0 Å². The van der Waals surface area contributed by atoms with Crippen LogP contribution in [0.4, 0.5) is 5.69 Å². The van der Waals surface area contributed by atoms with Crippen molar-refractivity contribution >= 4 is 17.5 Å². The molecule has 1 aliphatic heterocycles. The molecule has 5 aromatic heterocycles. The smallest absolute Gasteiger partial charge is 0.225 e. The van der Waals surface area contributed by atoms with E-state index in [0.717, 1.165) is 70.7 Å². The number of hydrogen-bond acceptors (Lipinski definition) is 7. The largest absolute Gasteiger partial charge is 0.471 e. The zero-order valence-corrected chi connectivity index (χ0v) is 21.5. The minimum absolute atomic E-state index is 0.459. The average Bonchev–Trinajstić information content (AvgIpc) is 3.76. The van der Waals surface area contributed by atoms with Gasteiger partial charge in [-0.1, -0.05) is 11.3 Å². The fraction of sp³-hybridized carbons (Fsp3) is 0.345. The molecule has 3 fully saturated rings. The van der Waals surface area contributed by atoms with Gasteiger partial charge in [-0.05, 0) is 67.3 Å². The molecule has 196 valence electrons. The Morgan fingerprint density at radius 2 is 2.03 bits per heavy atom. The van der Waals surface area contributed by atoms with Crippen LogP contribution in [0.1, 0.15) is 30.5 Å². The van der Waals surface area contributed by atoms with E-state index in [1.165, 1.54) is 24.8 Å². The van der Waals surface area contributed by atoms with E-state index in [9.17, 15) is 0 Å². The highest BCUT2D eigenvalue weighted by atomic mass is 16.5. The summed E-state index contributed by atoms with van der Waals surface area (Å²) < 4.78 is 11.7. The molecule has 39 heavy (non-hydrogen) atoms. The highest BCUT2D eigenvalue weighted by Gasteiger charge is 2.43. The molecule has 3 saturated carbocycles. The Hall–Kier alpha value is -4.31. The lowest BCUT2D eigenvalue weighted by atomic mass is 9.82. The third-order valence-electron chi connectivity index (χ3n) is 8.38. The molecule has 9 rings (SSSR count). The lowest BCUT2D eigenvalue weighted by Gasteiger charge is -2.24. The molecule has 10 nitrogen and oxygen atoms in total. The Kier molecular flexibility index (Phi) is 5.32. The molecule has 1 atom stereocenters. The van der Waals surface area contributed by atoms with E-state index in [0.29, 0.717) is 13.2 Å². The highest BCUT2D eigenvalue weighted by molar-refractivity contribution is 5.71. The normalized spacial score (nSPS) is 21.2. The van der Waals surface area contributed by atoms with Crippen molar-refractivity contribution in [1.29, 1.82) is 0 Å². The van der Waals surface area contributed by atoms with E-state index in [1.807, 2.05) is 33.8 Å². The summed E-state index contributed by atoms with van der Waals surface area (Å²) in [5, 5.41) is 12.4. The molecule has 5 aromatic rings. The highest BCUT2D eigenvalue weighted by Crippen LogP contribution is 2.52. The Balaban J connectivity index is 0.953. The Labute approximate surface area is 225 Å². The molecule has 0 radical (unpaired) electrons. The van der Waals surface area contributed by atoms with E-state index < -0.39 is 0 Å². The van der Waals surface area contributed by atoms with Gasteiger partial charge in [-0.3, -0.25) is 14.5 Å². The molecule has 0 amide bonds. The number of aliphatic imine (C=N–C) groups is 1. The van der Waals surface area contributed by atoms with Crippen LogP contribution in [0.3, 0.4) is 0 Å². The van der Waals surface area contributed by atoms with Crippen LogP contribution in [-0.4, -0.2) is 53.3 Å². The minimum atomic E-state index is 0.459. The van der Waals surface area contributed by atoms with Gasteiger partial charge < -0.3 is 14.5 Å². The summed E-state index contributed by atoms with van der Waals surface area (Å²) in [5.41, 5.74) is 6.46. The molecule has 0 spiro atoms. The van der Waals surface area contributed by atoms with Gasteiger partial charge in [0.2, 0.25) is 5.88 Å². The van der Waals surface area contributed by atoms with Gasteiger partial charge in [0.25, 0.3) is 0 Å². The first-order valence-electron chi connectivity index (χ1n) is 13.6. The van der Waals surface area contributed by atoms with Crippen molar-refractivity contribution in [1.82, 2.24) is 39.2 Å². The van der Waals surface area contributed by atoms with Crippen LogP contribution in [0.25, 0.3) is 22.6 Å². The zero-order valence-electron chi connectivity index (χ0n) is 21.5. The second-order valence-corrected chi connectivity index (χ2v) is 11.0. The number of pyridine rings is 2. The topological polar surface area (TPSA) is 99.5 Å². The third-order valence-corrected chi connectivity index (χ3v) is 8.38. The first-order chi connectivity index (χ1) is 19.2. The number of fused-ring (bicyclic) bond motifs is 3. The first-order valence-corrected chi connectivity index (χ1v) is 13.6. The number of nitrogens with zero attached hydrogens (tertiary/aromatic N) is 8. The van der Waals surface area contributed by atoms with Crippen molar-refractivity contribution in [3.8, 4) is 22.8 Å². The van der Waals surface area contributed by atoms with Gasteiger partial charge >= 0.3 is 0 Å². The van der Waals surface area contributed by atoms with Gasteiger partial charge in [0, 0.05) is 43.1 Å². The van der Waals surface area contributed by atoms with Gasteiger partial charge in [0.15, 0.2) is 0 Å². The van der Waals surface area contributed by atoms with Crippen molar-refractivity contribution < 1.29 is 4.74 Å². The number of nitrogens with one attached hydrogen (secondary N) is 1. The van der Waals surface area contributed by atoms with Crippen molar-refractivity contribution in [2.45, 2.75) is 32.4 Å². The molecule has 2 bridgehead atoms. The Morgan fingerprint density at radius 3 is 2.95 bits per heavy atom. The van der Waals surface area contributed by atoms with E-state index in [2.05, 4.69) is 54.5 Å². The van der Waals surface area contributed by atoms with Crippen LogP contribution in [0.5, 0.6) is 5.88 Å². The molecule has 1 N–H and O–H groups in total. The molecule has 6 heterocycles. The standard InChI is InChI=1S/C29H29N9O/c1-2-28-33-24(16-36(28)15-19(1)11-30-12-22-9-20-7-21(22)8-20)17-37-18-27(34-35-37)23-10-25(14-31-13-23)38-5-3-26-29(38)39-6-4-32-26/h1-5,10,13-16,18,20-22,30H,6-9,11-12,17H2/t20?,21?,22-/m1/s1. The van der Waals surface area contributed by atoms with Gasteiger partial charge in [-0.25, -0.2) is 9.67 Å². The molecule has 10 heteroatoms. The van der Waals surface area contributed by atoms with Crippen LogP contribution in [-0.2, 0) is 13.1 Å². The van der Waals surface area contributed by atoms with E-state index in [1.54, 1.807) is 18.6 Å². The predicted molar refractivity (Wildman–Crippen MR) is 147 cm³/mol. The maximum Gasteiger partial charge on any atom is 0.225 e. The Morgan fingerprint density at radius 1 is 1.05 bits per heavy atom. The predicted octanol–water partition coefficient (Wildman–Crippen LogP) is 4.06. The molecule has 3 aliphatic carbocycles. The maximum atomic E-state index is 5.78. The average molecular weight is 520 g/mol. The molecule has 4 aliphatic rings. The molecular formula is C29H29N9O. The number of aromatic nitrogens is 7. The molecule has 0 aromatic carbocycles. The number of hydrogen-bond donors (Lipinski definition) is 1. The summed E-state index contributed by atoms with van der Waals surface area (Å²) in [5.74, 6) is 3.60. The zero-order chi connectivity index (χ0) is 25.8. The Bertz CT molecular complexity index is 1690. The monoisotopic (exact) mass is 519 g/mol. The summed E-state index contributed by atoms with van der Waals surface area (Å²) in [6.45, 7) is 3.02. The van der Waals surface area contributed by atoms with Crippen molar-refractivity contribution in [2.24, 2.45) is 22.7 Å². The lowest BCUT2D eigenvalue weighted by molar-refractivity contribution is 0.271. The fourth-order valence-corrected chi connectivity index (χ4v) is 6.39. The fourth-order valence-electron chi connectivity index (χ4n) is 6.39. The molecule has 0 saturated heterocycles. The van der Waals surface area contributed by atoms with Crippen LogP contribution < -0.4 is 10.1 Å². The van der Waals surface area contributed by atoms with Gasteiger partial charge in [0.1, 0.15) is 23.6 Å². The SMILES string of the molecule is C1=Nc2ccn(-c3cncc(-c4cn(Cc5cn6cc(CNC[C@H]7CC8CC7C8)ccc6n5)nn4)c3)c2OC1. The molecular weight excluding hydrogens is 490 g/mol. The van der Waals surface area contributed by atoms with Gasteiger partial charge in [-0.15, -0.1) is 5.10 Å². The van der Waals surface area contributed by atoms with Crippen LogP contribution >= 0.6 is 0 Å². The lowest BCUT2D eigenvalue weighted by Crippen LogP contribution is -2.25. The summed E-state index contributed by atoms with van der Waals surface area (Å²) >= 11 is 0. The quantitative estimate of drug-likeness (QED) is 0.332. The first kappa shape index (κ1) is 22.7. The maximum absolute atomic E-state index is 5.78. The summed E-state index contributed by atoms with van der Waals surface area (Å²) in [7, 11) is 0. The van der Waals surface area contributed by atoms with Crippen LogP contribution in [0, 0.1) is 17.8 Å². The number of ether oxygens (including phenoxy) is 1. The summed E-state index contributed by atoms with van der Waals surface area (Å²) in [6, 6.07) is 8.21. The van der Waals surface area contributed by atoms with Crippen LogP contribution in [0.15, 0.2) is 66.4 Å².